The fourth-order valence-corrected chi connectivity index (χ4v) is 2.80. The third-order valence-electron chi connectivity index (χ3n) is 3.15. The van der Waals surface area contributed by atoms with Crippen molar-refractivity contribution in [3.8, 4) is 0 Å². The predicted molar refractivity (Wildman–Crippen MR) is 79.0 cm³/mol. The van der Waals surface area contributed by atoms with Crippen LogP contribution >= 0.6 is 35.6 Å². The first-order chi connectivity index (χ1) is 8.15. The fraction of sp³-hybridized carbons (Fsp3) is 0.538. The minimum absolute atomic E-state index is 0. The van der Waals surface area contributed by atoms with E-state index in [9.17, 15) is 5.11 Å². The van der Waals surface area contributed by atoms with E-state index >= 15 is 0 Å². The van der Waals surface area contributed by atoms with Crippen molar-refractivity contribution in [3.05, 3.63) is 33.8 Å². The lowest BCUT2D eigenvalue weighted by atomic mass is 10.1. The number of hydrogen-bond donors (Lipinski definition) is 1. The number of nitrogens with zero attached hydrogens (tertiary/aromatic N) is 1. The molecule has 0 radical (unpaired) electrons. The lowest BCUT2D eigenvalue weighted by Crippen LogP contribution is -2.33. The highest BCUT2D eigenvalue weighted by Gasteiger charge is 2.16. The Labute approximate surface area is 124 Å². The minimum Gasteiger partial charge on any atom is -0.387 e. The molecule has 0 spiro atoms. The molecule has 1 aliphatic heterocycles. The molecule has 1 aromatic rings. The standard InChI is InChI=1S/C13H17Cl2NO.ClH/c14-11-6-10(7-12(15)8-11)13(17)9-16-4-2-1-3-5-16;/h6-8,13,17H,1-5,9H2;1H. The van der Waals surface area contributed by atoms with E-state index in [0.717, 1.165) is 18.7 Å². The molecule has 0 aromatic heterocycles. The summed E-state index contributed by atoms with van der Waals surface area (Å²) >= 11 is 11.9. The van der Waals surface area contributed by atoms with E-state index in [1.807, 2.05) is 0 Å². The van der Waals surface area contributed by atoms with Crippen LogP contribution in [0.4, 0.5) is 0 Å². The van der Waals surface area contributed by atoms with E-state index in [-0.39, 0.29) is 12.4 Å². The fourth-order valence-electron chi connectivity index (χ4n) is 2.26. The van der Waals surface area contributed by atoms with Gasteiger partial charge in [0.2, 0.25) is 0 Å². The van der Waals surface area contributed by atoms with Gasteiger partial charge < -0.3 is 10.0 Å². The van der Waals surface area contributed by atoms with Gasteiger partial charge in [-0.05, 0) is 49.7 Å². The van der Waals surface area contributed by atoms with Crippen molar-refractivity contribution in [1.82, 2.24) is 4.90 Å². The number of halogens is 3. The van der Waals surface area contributed by atoms with E-state index in [4.69, 9.17) is 23.2 Å². The first-order valence-electron chi connectivity index (χ1n) is 6.01. The van der Waals surface area contributed by atoms with Gasteiger partial charge >= 0.3 is 0 Å². The van der Waals surface area contributed by atoms with Crippen LogP contribution in [0.1, 0.15) is 30.9 Å². The van der Waals surface area contributed by atoms with Gasteiger partial charge in [0.15, 0.2) is 0 Å². The van der Waals surface area contributed by atoms with Crippen molar-refractivity contribution in [2.45, 2.75) is 25.4 Å². The normalized spacial score (nSPS) is 18.2. The Morgan fingerprint density at radius 3 is 2.17 bits per heavy atom. The van der Waals surface area contributed by atoms with Gasteiger partial charge in [0, 0.05) is 16.6 Å². The molecular weight excluding hydrogens is 293 g/mol. The predicted octanol–water partition coefficient (Wildman–Crippen LogP) is 3.93. The first kappa shape index (κ1) is 16.1. The average molecular weight is 311 g/mol. The number of β-amino-alcohol motifs (C(OH)–C–C–N with tert-alkyl or cyclic N) is 1. The summed E-state index contributed by atoms with van der Waals surface area (Å²) in [5, 5.41) is 11.3. The van der Waals surface area contributed by atoms with Gasteiger partial charge in [0.25, 0.3) is 0 Å². The highest BCUT2D eigenvalue weighted by molar-refractivity contribution is 6.34. The summed E-state index contributed by atoms with van der Waals surface area (Å²) in [6.45, 7) is 2.81. The molecule has 1 atom stereocenters. The summed E-state index contributed by atoms with van der Waals surface area (Å²) in [7, 11) is 0. The Morgan fingerprint density at radius 2 is 1.61 bits per heavy atom. The summed E-state index contributed by atoms with van der Waals surface area (Å²) in [5.41, 5.74) is 0.799. The van der Waals surface area contributed by atoms with Crippen LogP contribution in [0, 0.1) is 0 Å². The quantitative estimate of drug-likeness (QED) is 0.914. The van der Waals surface area contributed by atoms with Gasteiger partial charge in [-0.3, -0.25) is 0 Å². The number of piperidine rings is 1. The monoisotopic (exact) mass is 309 g/mol. The van der Waals surface area contributed by atoms with Gasteiger partial charge in [-0.15, -0.1) is 12.4 Å². The van der Waals surface area contributed by atoms with Crippen LogP contribution in [-0.2, 0) is 0 Å². The molecule has 2 rings (SSSR count). The van der Waals surface area contributed by atoms with Gasteiger partial charge in [-0.25, -0.2) is 0 Å². The molecule has 1 aromatic carbocycles. The maximum Gasteiger partial charge on any atom is 0.0917 e. The number of aliphatic hydroxyl groups is 1. The zero-order chi connectivity index (χ0) is 12.3. The molecule has 2 nitrogen and oxygen atoms in total. The number of hydrogen-bond acceptors (Lipinski definition) is 2. The SMILES string of the molecule is Cl.OC(CN1CCCCC1)c1cc(Cl)cc(Cl)c1. The molecule has 1 N–H and O–H groups in total. The molecule has 1 heterocycles. The third kappa shape index (κ3) is 4.60. The molecule has 0 aliphatic carbocycles. The van der Waals surface area contributed by atoms with E-state index < -0.39 is 6.10 Å². The Hall–Kier alpha value is 0.01000. The van der Waals surface area contributed by atoms with E-state index in [1.165, 1.54) is 19.3 Å². The van der Waals surface area contributed by atoms with Crippen molar-refractivity contribution < 1.29 is 5.11 Å². The average Bonchev–Trinajstić information content (AvgIpc) is 2.29. The molecule has 0 saturated carbocycles. The van der Waals surface area contributed by atoms with Crippen molar-refractivity contribution >= 4 is 35.6 Å². The Bertz CT molecular complexity index is 360. The second kappa shape index (κ2) is 7.56. The lowest BCUT2D eigenvalue weighted by molar-refractivity contribution is 0.101. The van der Waals surface area contributed by atoms with Crippen molar-refractivity contribution in [2.75, 3.05) is 19.6 Å². The molecule has 0 amide bonds. The zero-order valence-corrected chi connectivity index (χ0v) is 12.4. The summed E-state index contributed by atoms with van der Waals surface area (Å²) in [5.74, 6) is 0. The molecule has 1 saturated heterocycles. The maximum atomic E-state index is 10.2. The highest BCUT2D eigenvalue weighted by atomic mass is 35.5. The zero-order valence-electron chi connectivity index (χ0n) is 10.1. The number of likely N-dealkylation sites (tertiary alicyclic amines) is 1. The van der Waals surface area contributed by atoms with Crippen molar-refractivity contribution in [2.24, 2.45) is 0 Å². The molecule has 0 bridgehead atoms. The molecule has 1 unspecified atom stereocenters. The second-order valence-corrected chi connectivity index (χ2v) is 5.45. The van der Waals surface area contributed by atoms with E-state index in [2.05, 4.69) is 4.90 Å². The summed E-state index contributed by atoms with van der Waals surface area (Å²) < 4.78 is 0. The summed E-state index contributed by atoms with van der Waals surface area (Å²) in [4.78, 5) is 2.29. The summed E-state index contributed by atoms with van der Waals surface area (Å²) in [6, 6.07) is 5.24. The Balaban J connectivity index is 0.00000162. The van der Waals surface area contributed by atoms with Gasteiger partial charge in [-0.2, -0.15) is 0 Å². The van der Waals surface area contributed by atoms with Crippen LogP contribution in [-0.4, -0.2) is 29.6 Å². The van der Waals surface area contributed by atoms with E-state index in [0.29, 0.717) is 16.6 Å². The number of aliphatic hydroxyl groups excluding tert-OH is 1. The smallest absolute Gasteiger partial charge is 0.0917 e. The van der Waals surface area contributed by atoms with Crippen molar-refractivity contribution in [3.63, 3.8) is 0 Å². The lowest BCUT2D eigenvalue weighted by Gasteiger charge is -2.28. The van der Waals surface area contributed by atoms with Crippen molar-refractivity contribution in [1.29, 1.82) is 0 Å². The van der Waals surface area contributed by atoms with Gasteiger partial charge in [0.1, 0.15) is 0 Å². The van der Waals surface area contributed by atoms with Crippen LogP contribution in [0.3, 0.4) is 0 Å². The molecule has 18 heavy (non-hydrogen) atoms. The first-order valence-corrected chi connectivity index (χ1v) is 6.77. The van der Waals surface area contributed by atoms with Crippen LogP contribution in [0.5, 0.6) is 0 Å². The molecule has 1 aliphatic rings. The van der Waals surface area contributed by atoms with Gasteiger partial charge in [-0.1, -0.05) is 29.6 Å². The van der Waals surface area contributed by atoms with E-state index in [1.54, 1.807) is 18.2 Å². The third-order valence-corrected chi connectivity index (χ3v) is 3.59. The Kier molecular flexibility index (Phi) is 6.75. The number of benzene rings is 1. The molecular formula is C13H18Cl3NO. The molecule has 1 fully saturated rings. The maximum absolute atomic E-state index is 10.2. The minimum atomic E-state index is -0.510. The van der Waals surface area contributed by atoms with Crippen LogP contribution < -0.4 is 0 Å². The van der Waals surface area contributed by atoms with Crippen LogP contribution in [0.2, 0.25) is 10.0 Å². The summed E-state index contributed by atoms with van der Waals surface area (Å²) in [6.07, 6.45) is 3.24. The van der Waals surface area contributed by atoms with Gasteiger partial charge in [0.05, 0.1) is 6.10 Å². The second-order valence-electron chi connectivity index (χ2n) is 4.58. The topological polar surface area (TPSA) is 23.5 Å². The largest absolute Gasteiger partial charge is 0.387 e. The number of rotatable bonds is 3. The van der Waals surface area contributed by atoms with Crippen LogP contribution in [0.15, 0.2) is 18.2 Å². The molecule has 102 valence electrons. The highest BCUT2D eigenvalue weighted by Crippen LogP contribution is 2.24. The van der Waals surface area contributed by atoms with Crippen LogP contribution in [0.25, 0.3) is 0 Å². The Morgan fingerprint density at radius 1 is 1.06 bits per heavy atom. The molecule has 5 heteroatoms.